The Labute approximate surface area is 185 Å². The number of halogens is 1. The summed E-state index contributed by atoms with van der Waals surface area (Å²) in [5, 5.41) is 4.64. The first-order valence-electron chi connectivity index (χ1n) is 9.56. The SMILES string of the molecule is COC(=O)CCN1C(=S)N[C@H](c2ccccn2)[C@H]1c1cccn1-c1cccc(Cl)c1. The van der Waals surface area contributed by atoms with Crippen LogP contribution in [0.1, 0.15) is 29.9 Å². The van der Waals surface area contributed by atoms with E-state index >= 15 is 0 Å². The van der Waals surface area contributed by atoms with Gasteiger partial charge in [-0.3, -0.25) is 9.78 Å². The molecule has 154 valence electrons. The minimum atomic E-state index is -0.275. The van der Waals surface area contributed by atoms with Gasteiger partial charge in [-0.25, -0.2) is 0 Å². The minimum Gasteiger partial charge on any atom is -0.469 e. The summed E-state index contributed by atoms with van der Waals surface area (Å²) in [5.41, 5.74) is 2.85. The molecule has 4 rings (SSSR count). The third-order valence-corrected chi connectivity index (χ3v) is 5.74. The van der Waals surface area contributed by atoms with E-state index in [1.165, 1.54) is 7.11 Å². The Morgan fingerprint density at radius 1 is 1.23 bits per heavy atom. The molecule has 1 aromatic carbocycles. The highest BCUT2D eigenvalue weighted by Crippen LogP contribution is 2.39. The highest BCUT2D eigenvalue weighted by molar-refractivity contribution is 7.80. The first-order chi connectivity index (χ1) is 14.6. The predicted molar refractivity (Wildman–Crippen MR) is 120 cm³/mol. The van der Waals surface area contributed by atoms with Crippen molar-refractivity contribution in [1.82, 2.24) is 19.8 Å². The molecule has 1 aliphatic heterocycles. The molecule has 0 aliphatic carbocycles. The summed E-state index contributed by atoms with van der Waals surface area (Å²) in [7, 11) is 1.39. The largest absolute Gasteiger partial charge is 0.469 e. The van der Waals surface area contributed by atoms with Gasteiger partial charge in [0.15, 0.2) is 5.11 Å². The summed E-state index contributed by atoms with van der Waals surface area (Å²) in [6.07, 6.45) is 4.00. The molecule has 0 radical (unpaired) electrons. The normalized spacial score (nSPS) is 18.3. The quantitative estimate of drug-likeness (QED) is 0.460. The molecule has 1 saturated heterocycles. The molecule has 0 amide bonds. The van der Waals surface area contributed by atoms with Gasteiger partial charge in [-0.1, -0.05) is 23.7 Å². The first kappa shape index (κ1) is 20.4. The van der Waals surface area contributed by atoms with Crippen LogP contribution < -0.4 is 5.32 Å². The Kier molecular flexibility index (Phi) is 6.01. The lowest BCUT2D eigenvalue weighted by molar-refractivity contribution is -0.140. The third kappa shape index (κ3) is 4.04. The number of ether oxygens (including phenoxy) is 1. The van der Waals surface area contributed by atoms with Gasteiger partial charge in [0, 0.05) is 35.3 Å². The molecular formula is C22H21ClN4O2S. The van der Waals surface area contributed by atoms with E-state index in [4.69, 9.17) is 28.6 Å². The van der Waals surface area contributed by atoms with Crippen molar-refractivity contribution < 1.29 is 9.53 Å². The van der Waals surface area contributed by atoms with Crippen molar-refractivity contribution in [2.24, 2.45) is 0 Å². The fourth-order valence-corrected chi connectivity index (χ4v) is 4.29. The molecule has 0 saturated carbocycles. The molecule has 30 heavy (non-hydrogen) atoms. The number of nitrogens with one attached hydrogen (secondary N) is 1. The van der Waals surface area contributed by atoms with E-state index in [-0.39, 0.29) is 24.5 Å². The molecule has 6 nitrogen and oxygen atoms in total. The van der Waals surface area contributed by atoms with Gasteiger partial charge in [-0.05, 0) is 54.7 Å². The zero-order valence-electron chi connectivity index (χ0n) is 16.4. The van der Waals surface area contributed by atoms with E-state index in [2.05, 4.69) is 20.9 Å². The number of methoxy groups -OCH3 is 1. The van der Waals surface area contributed by atoms with Crippen LogP contribution in [0.5, 0.6) is 0 Å². The van der Waals surface area contributed by atoms with Gasteiger partial charge in [0.1, 0.15) is 0 Å². The van der Waals surface area contributed by atoms with Gasteiger partial charge in [0.05, 0.1) is 31.3 Å². The van der Waals surface area contributed by atoms with Crippen molar-refractivity contribution in [1.29, 1.82) is 0 Å². The van der Waals surface area contributed by atoms with E-state index in [0.29, 0.717) is 16.7 Å². The van der Waals surface area contributed by atoms with Crippen LogP contribution in [0, 0.1) is 0 Å². The van der Waals surface area contributed by atoms with Crippen LogP contribution in [0.15, 0.2) is 67.0 Å². The zero-order valence-corrected chi connectivity index (χ0v) is 17.9. The van der Waals surface area contributed by atoms with E-state index in [1.807, 2.05) is 59.6 Å². The van der Waals surface area contributed by atoms with Crippen molar-refractivity contribution in [3.05, 3.63) is 83.4 Å². The predicted octanol–water partition coefficient (Wildman–Crippen LogP) is 4.06. The summed E-state index contributed by atoms with van der Waals surface area (Å²) in [4.78, 5) is 18.4. The number of aromatic nitrogens is 2. The minimum absolute atomic E-state index is 0.161. The molecule has 0 spiro atoms. The average molecular weight is 441 g/mol. The summed E-state index contributed by atoms with van der Waals surface area (Å²) >= 11 is 11.9. The topological polar surface area (TPSA) is 59.4 Å². The van der Waals surface area contributed by atoms with Crippen molar-refractivity contribution in [3.8, 4) is 5.69 Å². The molecule has 1 aliphatic rings. The van der Waals surface area contributed by atoms with E-state index in [0.717, 1.165) is 17.1 Å². The molecule has 3 aromatic rings. The van der Waals surface area contributed by atoms with Gasteiger partial charge in [-0.15, -0.1) is 0 Å². The Morgan fingerprint density at radius 2 is 2.10 bits per heavy atom. The Bertz CT molecular complexity index is 1060. The summed E-state index contributed by atoms with van der Waals surface area (Å²) in [6.45, 7) is 0.438. The maximum atomic E-state index is 11.8. The van der Waals surface area contributed by atoms with E-state index in [9.17, 15) is 4.79 Å². The molecule has 8 heteroatoms. The van der Waals surface area contributed by atoms with Crippen molar-refractivity contribution in [2.75, 3.05) is 13.7 Å². The van der Waals surface area contributed by atoms with Gasteiger partial charge < -0.3 is 19.5 Å². The highest BCUT2D eigenvalue weighted by Gasteiger charge is 2.41. The number of esters is 1. The summed E-state index contributed by atoms with van der Waals surface area (Å²) in [5.74, 6) is -0.275. The molecule has 1 N–H and O–H groups in total. The van der Waals surface area contributed by atoms with Crippen LogP contribution in [0.25, 0.3) is 5.69 Å². The zero-order chi connectivity index (χ0) is 21.1. The van der Waals surface area contributed by atoms with Crippen LogP contribution in [0.2, 0.25) is 5.02 Å². The second-order valence-electron chi connectivity index (χ2n) is 6.93. The van der Waals surface area contributed by atoms with Crippen molar-refractivity contribution >= 4 is 34.9 Å². The van der Waals surface area contributed by atoms with Crippen LogP contribution in [-0.4, -0.2) is 39.2 Å². The third-order valence-electron chi connectivity index (χ3n) is 5.15. The van der Waals surface area contributed by atoms with Gasteiger partial charge in [-0.2, -0.15) is 0 Å². The van der Waals surface area contributed by atoms with E-state index in [1.54, 1.807) is 6.20 Å². The van der Waals surface area contributed by atoms with Crippen LogP contribution in [0.4, 0.5) is 0 Å². The standard InChI is InChI=1S/C22H21ClN4O2S/c1-29-19(28)10-13-27-21(20(25-22(27)30)17-8-2-3-11-24-17)18-9-5-12-26(18)16-7-4-6-15(23)14-16/h2-9,11-12,14,20-21H,10,13H2,1H3,(H,25,30)/t20-,21-/m1/s1. The lowest BCUT2D eigenvalue weighted by atomic mass is 10.0. The maximum Gasteiger partial charge on any atom is 0.307 e. The number of hydrogen-bond donors (Lipinski definition) is 1. The Balaban J connectivity index is 1.76. The number of hydrogen-bond acceptors (Lipinski definition) is 4. The first-order valence-corrected chi connectivity index (χ1v) is 10.3. The van der Waals surface area contributed by atoms with E-state index < -0.39 is 0 Å². The molecule has 0 unspecified atom stereocenters. The number of thiocarbonyl (C=S) groups is 1. The van der Waals surface area contributed by atoms with Crippen LogP contribution >= 0.6 is 23.8 Å². The maximum absolute atomic E-state index is 11.8. The number of pyridine rings is 1. The molecular weight excluding hydrogens is 420 g/mol. The monoisotopic (exact) mass is 440 g/mol. The van der Waals surface area contributed by atoms with Crippen molar-refractivity contribution in [2.45, 2.75) is 18.5 Å². The number of nitrogens with zero attached hydrogens (tertiary/aromatic N) is 3. The summed E-state index contributed by atoms with van der Waals surface area (Å²) in [6, 6.07) is 17.2. The van der Waals surface area contributed by atoms with Gasteiger partial charge in [0.25, 0.3) is 0 Å². The number of rotatable bonds is 6. The smallest absolute Gasteiger partial charge is 0.307 e. The highest BCUT2D eigenvalue weighted by atomic mass is 35.5. The Hall–Kier alpha value is -2.90. The molecule has 2 aromatic heterocycles. The van der Waals surface area contributed by atoms with Gasteiger partial charge >= 0.3 is 5.97 Å². The van der Waals surface area contributed by atoms with Gasteiger partial charge in [0.2, 0.25) is 0 Å². The second kappa shape index (κ2) is 8.85. The fraction of sp³-hybridized carbons (Fsp3) is 0.227. The number of benzene rings is 1. The average Bonchev–Trinajstić information content (AvgIpc) is 3.36. The fourth-order valence-electron chi connectivity index (χ4n) is 3.78. The molecule has 3 heterocycles. The second-order valence-corrected chi connectivity index (χ2v) is 7.75. The lowest BCUT2D eigenvalue weighted by Gasteiger charge is -2.28. The Morgan fingerprint density at radius 3 is 2.83 bits per heavy atom. The lowest BCUT2D eigenvalue weighted by Crippen LogP contribution is -2.32. The molecule has 2 atom stereocenters. The van der Waals surface area contributed by atoms with Crippen LogP contribution in [-0.2, 0) is 9.53 Å². The summed E-state index contributed by atoms with van der Waals surface area (Å²) < 4.78 is 6.92. The van der Waals surface area contributed by atoms with Crippen LogP contribution in [0.3, 0.4) is 0 Å². The number of carbonyl (C=O) groups excluding carboxylic acids is 1. The van der Waals surface area contributed by atoms with Crippen molar-refractivity contribution in [3.63, 3.8) is 0 Å². The molecule has 0 bridgehead atoms. The number of carbonyl (C=O) groups is 1. The molecule has 1 fully saturated rings.